The molecule has 0 saturated heterocycles. The zero-order valence-electron chi connectivity index (χ0n) is 18.0. The van der Waals surface area contributed by atoms with Gasteiger partial charge < -0.3 is 20.1 Å². The van der Waals surface area contributed by atoms with E-state index in [1.165, 1.54) is 63.8 Å². The van der Waals surface area contributed by atoms with Crippen molar-refractivity contribution in [2.24, 2.45) is 23.2 Å². The second-order valence-electron chi connectivity index (χ2n) is 9.50. The average molecular weight is 436 g/mol. The molecule has 0 heterocycles. The number of rotatable bonds is 8. The van der Waals surface area contributed by atoms with Crippen LogP contribution in [-0.2, 0) is 4.79 Å². The van der Waals surface area contributed by atoms with Gasteiger partial charge in [0.2, 0.25) is 5.91 Å². The molecule has 4 fully saturated rings. The van der Waals surface area contributed by atoms with Gasteiger partial charge in [0.15, 0.2) is 11.5 Å². The molecule has 0 aliphatic heterocycles. The van der Waals surface area contributed by atoms with Crippen LogP contribution in [0, 0.1) is 23.2 Å². The third kappa shape index (κ3) is 4.62. The molecule has 8 heteroatoms. The SMILES string of the molecule is COc1cc(C(=O)NCC(=O)NC(C)C23CC4CC(CC(C4)C2)C3)ccc1OC(F)F. The van der Waals surface area contributed by atoms with Crippen LogP contribution in [-0.4, -0.2) is 38.1 Å². The molecule has 6 nitrogen and oxygen atoms in total. The van der Waals surface area contributed by atoms with Crippen molar-refractivity contribution >= 4 is 11.8 Å². The fourth-order valence-corrected chi connectivity index (χ4v) is 6.42. The number of hydrogen-bond donors (Lipinski definition) is 2. The molecule has 170 valence electrons. The molecule has 1 aromatic rings. The summed E-state index contributed by atoms with van der Waals surface area (Å²) < 4.78 is 34.3. The Balaban J connectivity index is 1.31. The largest absolute Gasteiger partial charge is 0.493 e. The predicted molar refractivity (Wildman–Crippen MR) is 110 cm³/mol. The van der Waals surface area contributed by atoms with Gasteiger partial charge in [0, 0.05) is 11.6 Å². The second kappa shape index (κ2) is 8.63. The number of alkyl halides is 2. The Bertz CT molecular complexity index is 810. The highest BCUT2D eigenvalue weighted by molar-refractivity contribution is 5.97. The molecule has 4 bridgehead atoms. The van der Waals surface area contributed by atoms with Crippen molar-refractivity contribution in [2.75, 3.05) is 13.7 Å². The van der Waals surface area contributed by atoms with Gasteiger partial charge in [0.05, 0.1) is 13.7 Å². The molecule has 0 aromatic heterocycles. The van der Waals surface area contributed by atoms with Crippen molar-refractivity contribution in [1.82, 2.24) is 10.6 Å². The molecule has 1 atom stereocenters. The zero-order valence-corrected chi connectivity index (χ0v) is 18.0. The molecule has 0 spiro atoms. The summed E-state index contributed by atoms with van der Waals surface area (Å²) in [6.07, 6.45) is 7.63. The molecule has 2 N–H and O–H groups in total. The van der Waals surface area contributed by atoms with Crippen LogP contribution >= 0.6 is 0 Å². The van der Waals surface area contributed by atoms with E-state index < -0.39 is 12.5 Å². The first kappa shape index (κ1) is 21.8. The molecule has 1 aromatic carbocycles. The summed E-state index contributed by atoms with van der Waals surface area (Å²) in [4.78, 5) is 24.9. The maximum Gasteiger partial charge on any atom is 0.387 e. The van der Waals surface area contributed by atoms with Gasteiger partial charge in [0.1, 0.15) is 0 Å². The molecule has 4 saturated carbocycles. The lowest BCUT2D eigenvalue weighted by Crippen LogP contribution is -2.56. The predicted octanol–water partition coefficient (Wildman–Crippen LogP) is 3.75. The van der Waals surface area contributed by atoms with Gasteiger partial charge in [0.25, 0.3) is 5.91 Å². The van der Waals surface area contributed by atoms with Gasteiger partial charge in [-0.2, -0.15) is 8.78 Å². The third-order valence-electron chi connectivity index (χ3n) is 7.43. The summed E-state index contributed by atoms with van der Waals surface area (Å²) >= 11 is 0. The lowest BCUT2D eigenvalue weighted by atomic mass is 9.48. The fraction of sp³-hybridized carbons (Fsp3) is 0.652. The number of carbonyl (C=O) groups is 2. The zero-order chi connectivity index (χ0) is 22.2. The highest BCUT2D eigenvalue weighted by Crippen LogP contribution is 2.61. The molecule has 4 aliphatic carbocycles. The first-order chi connectivity index (χ1) is 14.8. The topological polar surface area (TPSA) is 76.7 Å². The number of amides is 2. The van der Waals surface area contributed by atoms with E-state index in [1.54, 1.807) is 0 Å². The van der Waals surface area contributed by atoms with Gasteiger partial charge in [-0.25, -0.2) is 0 Å². The number of ether oxygens (including phenoxy) is 2. The first-order valence-electron chi connectivity index (χ1n) is 11.0. The lowest BCUT2D eigenvalue weighted by molar-refractivity contribution is -0.124. The van der Waals surface area contributed by atoms with E-state index in [-0.39, 0.29) is 41.0 Å². The average Bonchev–Trinajstić information content (AvgIpc) is 2.71. The van der Waals surface area contributed by atoms with E-state index in [0.29, 0.717) is 0 Å². The molecule has 31 heavy (non-hydrogen) atoms. The van der Waals surface area contributed by atoms with Crippen LogP contribution in [0.3, 0.4) is 0 Å². The van der Waals surface area contributed by atoms with Crippen molar-refractivity contribution in [3.63, 3.8) is 0 Å². The molecular formula is C23H30F2N2O4. The van der Waals surface area contributed by atoms with Crippen molar-refractivity contribution in [3.8, 4) is 11.5 Å². The van der Waals surface area contributed by atoms with Gasteiger partial charge in [-0.05, 0) is 86.8 Å². The lowest BCUT2D eigenvalue weighted by Gasteiger charge is -2.59. The maximum absolute atomic E-state index is 12.5. The smallest absolute Gasteiger partial charge is 0.387 e. The van der Waals surface area contributed by atoms with E-state index >= 15 is 0 Å². The van der Waals surface area contributed by atoms with E-state index in [0.717, 1.165) is 17.8 Å². The van der Waals surface area contributed by atoms with Gasteiger partial charge >= 0.3 is 6.61 Å². The number of halogens is 2. The quantitative estimate of drug-likeness (QED) is 0.651. The minimum atomic E-state index is -2.99. The van der Waals surface area contributed by atoms with Gasteiger partial charge in [-0.3, -0.25) is 9.59 Å². The number of hydrogen-bond acceptors (Lipinski definition) is 4. The summed E-state index contributed by atoms with van der Waals surface area (Å²) in [6, 6.07) is 3.99. The van der Waals surface area contributed by atoms with E-state index in [4.69, 9.17) is 4.74 Å². The van der Waals surface area contributed by atoms with Crippen LogP contribution in [0.15, 0.2) is 18.2 Å². The first-order valence-corrected chi connectivity index (χ1v) is 11.0. The molecule has 4 aliphatic rings. The Morgan fingerprint density at radius 1 is 1.10 bits per heavy atom. The molecule has 0 radical (unpaired) electrons. The molecule has 2 amide bonds. The summed E-state index contributed by atoms with van der Waals surface area (Å²) in [5.41, 5.74) is 0.392. The van der Waals surface area contributed by atoms with Crippen molar-refractivity contribution in [1.29, 1.82) is 0 Å². The summed E-state index contributed by atoms with van der Waals surface area (Å²) in [5, 5.41) is 5.71. The Kier molecular flexibility index (Phi) is 6.08. The standard InChI is InChI=1S/C23H30F2N2O4/c1-13(23-9-14-5-15(10-23)7-16(6-14)11-23)27-20(28)12-26-21(29)17-3-4-18(31-22(24)25)19(8-17)30-2/h3-4,8,13-16,22H,5-7,9-12H2,1-2H3,(H,26,29)(H,27,28). The van der Waals surface area contributed by atoms with Crippen LogP contribution < -0.4 is 20.1 Å². The highest BCUT2D eigenvalue weighted by atomic mass is 19.3. The van der Waals surface area contributed by atoms with E-state index in [9.17, 15) is 18.4 Å². The Labute approximate surface area is 181 Å². The highest BCUT2D eigenvalue weighted by Gasteiger charge is 2.53. The number of benzene rings is 1. The van der Waals surface area contributed by atoms with Crippen LogP contribution in [0.1, 0.15) is 55.8 Å². The minimum Gasteiger partial charge on any atom is -0.493 e. The molecular weight excluding hydrogens is 406 g/mol. The van der Waals surface area contributed by atoms with Gasteiger partial charge in [-0.1, -0.05) is 0 Å². The molecule has 5 rings (SSSR count). The van der Waals surface area contributed by atoms with Gasteiger partial charge in [-0.15, -0.1) is 0 Å². The summed E-state index contributed by atoms with van der Waals surface area (Å²) in [7, 11) is 1.30. The Hall–Kier alpha value is -2.38. The van der Waals surface area contributed by atoms with Crippen molar-refractivity contribution in [3.05, 3.63) is 23.8 Å². The van der Waals surface area contributed by atoms with Crippen LogP contribution in [0.2, 0.25) is 0 Å². The number of carbonyl (C=O) groups excluding carboxylic acids is 2. The van der Waals surface area contributed by atoms with Crippen LogP contribution in [0.4, 0.5) is 8.78 Å². The monoisotopic (exact) mass is 436 g/mol. The van der Waals surface area contributed by atoms with E-state index in [1.807, 2.05) is 0 Å². The number of methoxy groups -OCH3 is 1. The summed E-state index contributed by atoms with van der Waals surface area (Å²) in [6.45, 7) is -1.04. The Morgan fingerprint density at radius 3 is 2.26 bits per heavy atom. The maximum atomic E-state index is 12.5. The van der Waals surface area contributed by atoms with Crippen LogP contribution in [0.5, 0.6) is 11.5 Å². The second-order valence-corrected chi connectivity index (χ2v) is 9.50. The number of nitrogens with one attached hydrogen (secondary N) is 2. The Morgan fingerprint density at radius 2 is 1.71 bits per heavy atom. The van der Waals surface area contributed by atoms with Crippen molar-refractivity contribution < 1.29 is 27.8 Å². The van der Waals surface area contributed by atoms with E-state index in [2.05, 4.69) is 22.3 Å². The summed E-state index contributed by atoms with van der Waals surface area (Å²) in [5.74, 6) is 1.57. The van der Waals surface area contributed by atoms with Crippen molar-refractivity contribution in [2.45, 2.75) is 58.1 Å². The fourth-order valence-electron chi connectivity index (χ4n) is 6.42. The minimum absolute atomic E-state index is 0.0211. The molecule has 1 unspecified atom stereocenters. The third-order valence-corrected chi connectivity index (χ3v) is 7.43. The van der Waals surface area contributed by atoms with Crippen LogP contribution in [0.25, 0.3) is 0 Å². The normalized spacial score (nSPS) is 29.5.